The number of carbonyl (C=O) groups excluding carboxylic acids is 1. The van der Waals surface area contributed by atoms with Crippen LogP contribution in [0.2, 0.25) is 0 Å². The molecular formula is C11H15NO2. The third kappa shape index (κ3) is 2.05. The molecule has 0 heterocycles. The summed E-state index contributed by atoms with van der Waals surface area (Å²) in [5.41, 5.74) is 1.76. The number of nitrogens with zero attached hydrogens (tertiary/aromatic N) is 1. The van der Waals surface area contributed by atoms with Gasteiger partial charge in [-0.1, -0.05) is 6.07 Å². The average molecular weight is 193 g/mol. The van der Waals surface area contributed by atoms with Gasteiger partial charge in [-0.25, -0.2) is 0 Å². The van der Waals surface area contributed by atoms with Crippen LogP contribution in [0.1, 0.15) is 19.4 Å². The van der Waals surface area contributed by atoms with Crippen molar-refractivity contribution in [3.05, 3.63) is 23.8 Å². The number of rotatable bonds is 2. The van der Waals surface area contributed by atoms with Crippen LogP contribution in [0.3, 0.4) is 0 Å². The fourth-order valence-electron chi connectivity index (χ4n) is 1.45. The van der Waals surface area contributed by atoms with Crippen LogP contribution in [-0.2, 0) is 4.79 Å². The molecule has 1 rings (SSSR count). The number of anilines is 1. The minimum atomic E-state index is -0.0128. The lowest BCUT2D eigenvalue weighted by atomic mass is 10.1. The number of hydrogen-bond acceptors (Lipinski definition) is 2. The maximum atomic E-state index is 11.3. The molecule has 3 nitrogen and oxygen atoms in total. The number of benzene rings is 1. The largest absolute Gasteiger partial charge is 0.508 e. The van der Waals surface area contributed by atoms with Gasteiger partial charge in [-0.15, -0.1) is 0 Å². The lowest BCUT2D eigenvalue weighted by Crippen LogP contribution is -2.28. The molecular weight excluding hydrogens is 178 g/mol. The summed E-state index contributed by atoms with van der Waals surface area (Å²) in [6.45, 7) is 5.96. The lowest BCUT2D eigenvalue weighted by molar-refractivity contribution is -0.116. The molecule has 0 bridgehead atoms. The van der Waals surface area contributed by atoms with Gasteiger partial charge in [0.1, 0.15) is 5.75 Å². The molecule has 0 atom stereocenters. The van der Waals surface area contributed by atoms with E-state index in [0.717, 1.165) is 11.3 Å². The van der Waals surface area contributed by atoms with Crippen molar-refractivity contribution in [3.8, 4) is 5.75 Å². The summed E-state index contributed by atoms with van der Waals surface area (Å²) in [5, 5.41) is 9.33. The van der Waals surface area contributed by atoms with Gasteiger partial charge in [0.25, 0.3) is 0 Å². The maximum absolute atomic E-state index is 11.3. The van der Waals surface area contributed by atoms with Crippen molar-refractivity contribution < 1.29 is 9.90 Å². The van der Waals surface area contributed by atoms with E-state index in [2.05, 4.69) is 0 Å². The minimum absolute atomic E-state index is 0.0128. The highest BCUT2D eigenvalue weighted by molar-refractivity contribution is 5.92. The molecule has 0 spiro atoms. The second-order valence-electron chi connectivity index (χ2n) is 3.23. The van der Waals surface area contributed by atoms with Gasteiger partial charge >= 0.3 is 0 Å². The molecule has 3 heteroatoms. The van der Waals surface area contributed by atoms with E-state index in [0.29, 0.717) is 6.54 Å². The van der Waals surface area contributed by atoms with E-state index in [-0.39, 0.29) is 11.7 Å². The predicted octanol–water partition coefficient (Wildman–Crippen LogP) is 2.07. The molecule has 1 aromatic rings. The van der Waals surface area contributed by atoms with Gasteiger partial charge < -0.3 is 10.0 Å². The third-order valence-corrected chi connectivity index (χ3v) is 2.18. The first-order valence-electron chi connectivity index (χ1n) is 4.64. The van der Waals surface area contributed by atoms with Gasteiger partial charge in [0.05, 0.1) is 5.69 Å². The molecule has 0 aliphatic rings. The summed E-state index contributed by atoms with van der Waals surface area (Å²) in [5.74, 6) is 0.173. The molecule has 1 amide bonds. The molecule has 1 N–H and O–H groups in total. The van der Waals surface area contributed by atoms with Crippen molar-refractivity contribution in [2.75, 3.05) is 11.4 Å². The molecule has 14 heavy (non-hydrogen) atoms. The Labute approximate surface area is 84.0 Å². The molecule has 0 radical (unpaired) electrons. The second kappa shape index (κ2) is 4.13. The first-order chi connectivity index (χ1) is 6.56. The van der Waals surface area contributed by atoms with Gasteiger partial charge in [0, 0.05) is 19.5 Å². The van der Waals surface area contributed by atoms with E-state index < -0.39 is 0 Å². The third-order valence-electron chi connectivity index (χ3n) is 2.18. The van der Waals surface area contributed by atoms with E-state index in [1.807, 2.05) is 13.8 Å². The number of phenolic OH excluding ortho intramolecular Hbond substituents is 1. The summed E-state index contributed by atoms with van der Waals surface area (Å²) in [7, 11) is 0. The zero-order chi connectivity index (χ0) is 10.7. The van der Waals surface area contributed by atoms with Crippen molar-refractivity contribution in [1.29, 1.82) is 0 Å². The van der Waals surface area contributed by atoms with Crippen molar-refractivity contribution in [3.63, 3.8) is 0 Å². The Hall–Kier alpha value is -1.51. The Balaban J connectivity index is 3.15. The smallest absolute Gasteiger partial charge is 0.223 e. The first kappa shape index (κ1) is 10.6. The standard InChI is InChI=1S/C11H15NO2/c1-4-12(9(3)13)11-7-10(14)6-5-8(11)2/h5-7,14H,4H2,1-3H3. The van der Waals surface area contributed by atoms with Crippen LogP contribution in [0, 0.1) is 6.92 Å². The van der Waals surface area contributed by atoms with Crippen LogP contribution in [0.15, 0.2) is 18.2 Å². The molecule has 0 aliphatic heterocycles. The fourth-order valence-corrected chi connectivity index (χ4v) is 1.45. The highest BCUT2D eigenvalue weighted by Crippen LogP contribution is 2.24. The highest BCUT2D eigenvalue weighted by Gasteiger charge is 2.11. The zero-order valence-electron chi connectivity index (χ0n) is 8.74. The SMILES string of the molecule is CCN(C(C)=O)c1cc(O)ccc1C. The Morgan fingerprint density at radius 1 is 1.50 bits per heavy atom. The van der Waals surface area contributed by atoms with E-state index >= 15 is 0 Å². The number of phenols is 1. The van der Waals surface area contributed by atoms with Crippen LogP contribution < -0.4 is 4.90 Å². The van der Waals surface area contributed by atoms with Gasteiger partial charge in [0.2, 0.25) is 5.91 Å². The van der Waals surface area contributed by atoms with Crippen molar-refractivity contribution in [1.82, 2.24) is 0 Å². The summed E-state index contributed by atoms with van der Waals surface area (Å²) in [6, 6.07) is 5.03. The summed E-state index contributed by atoms with van der Waals surface area (Å²) in [6.07, 6.45) is 0. The highest BCUT2D eigenvalue weighted by atomic mass is 16.3. The quantitative estimate of drug-likeness (QED) is 0.781. The minimum Gasteiger partial charge on any atom is -0.508 e. The maximum Gasteiger partial charge on any atom is 0.223 e. The van der Waals surface area contributed by atoms with Crippen LogP contribution in [0.25, 0.3) is 0 Å². The Kier molecular flexibility index (Phi) is 3.12. The monoisotopic (exact) mass is 193 g/mol. The van der Waals surface area contributed by atoms with Crippen LogP contribution in [0.5, 0.6) is 5.75 Å². The van der Waals surface area contributed by atoms with E-state index in [4.69, 9.17) is 0 Å². The lowest BCUT2D eigenvalue weighted by Gasteiger charge is -2.21. The van der Waals surface area contributed by atoms with Crippen molar-refractivity contribution in [2.45, 2.75) is 20.8 Å². The number of hydrogen-bond donors (Lipinski definition) is 1. The summed E-state index contributed by atoms with van der Waals surface area (Å²) < 4.78 is 0. The average Bonchev–Trinajstić information content (AvgIpc) is 2.11. The molecule has 0 unspecified atom stereocenters. The normalized spacial score (nSPS) is 9.93. The van der Waals surface area contributed by atoms with Gasteiger partial charge in [-0.05, 0) is 25.5 Å². The number of carbonyl (C=O) groups is 1. The summed E-state index contributed by atoms with van der Waals surface area (Å²) in [4.78, 5) is 12.9. The topological polar surface area (TPSA) is 40.5 Å². The Morgan fingerprint density at radius 2 is 2.14 bits per heavy atom. The molecule has 0 aliphatic carbocycles. The number of amides is 1. The number of aromatic hydroxyl groups is 1. The van der Waals surface area contributed by atoms with Gasteiger partial charge in [0.15, 0.2) is 0 Å². The van der Waals surface area contributed by atoms with E-state index in [1.54, 1.807) is 23.1 Å². The van der Waals surface area contributed by atoms with Gasteiger partial charge in [-0.3, -0.25) is 4.79 Å². The molecule has 0 saturated carbocycles. The molecule has 1 aromatic carbocycles. The molecule has 0 aromatic heterocycles. The predicted molar refractivity (Wildman–Crippen MR) is 56.5 cm³/mol. The van der Waals surface area contributed by atoms with Crippen molar-refractivity contribution in [2.24, 2.45) is 0 Å². The molecule has 0 fully saturated rings. The van der Waals surface area contributed by atoms with Crippen LogP contribution in [0.4, 0.5) is 5.69 Å². The van der Waals surface area contributed by atoms with Crippen LogP contribution in [-0.4, -0.2) is 17.6 Å². The molecule has 76 valence electrons. The summed E-state index contributed by atoms with van der Waals surface area (Å²) >= 11 is 0. The first-order valence-corrected chi connectivity index (χ1v) is 4.64. The van der Waals surface area contributed by atoms with Gasteiger partial charge in [-0.2, -0.15) is 0 Å². The number of aryl methyl sites for hydroxylation is 1. The van der Waals surface area contributed by atoms with Crippen LogP contribution >= 0.6 is 0 Å². The second-order valence-corrected chi connectivity index (χ2v) is 3.23. The van der Waals surface area contributed by atoms with E-state index in [1.165, 1.54) is 6.92 Å². The fraction of sp³-hybridized carbons (Fsp3) is 0.364. The Bertz CT molecular complexity index is 347. The van der Waals surface area contributed by atoms with E-state index in [9.17, 15) is 9.90 Å². The molecule has 0 saturated heterocycles. The van der Waals surface area contributed by atoms with Crippen molar-refractivity contribution >= 4 is 11.6 Å². The zero-order valence-corrected chi connectivity index (χ0v) is 8.74. The Morgan fingerprint density at radius 3 is 2.64 bits per heavy atom.